The van der Waals surface area contributed by atoms with E-state index in [-0.39, 0.29) is 5.97 Å². The summed E-state index contributed by atoms with van der Waals surface area (Å²) in [5.41, 5.74) is 0.434. The number of ether oxygens (including phenoxy) is 1. The third-order valence-corrected chi connectivity index (χ3v) is 4.73. The molecule has 0 fully saturated rings. The molecular formula is C15H23O5P. The van der Waals surface area contributed by atoms with Crippen molar-refractivity contribution in [3.05, 3.63) is 29.8 Å². The molecule has 0 aliphatic carbocycles. The molecule has 1 aromatic carbocycles. The number of benzene rings is 1. The van der Waals surface area contributed by atoms with Crippen LogP contribution in [0.1, 0.15) is 44.0 Å². The quantitative estimate of drug-likeness (QED) is 0.503. The molecule has 0 aromatic heterocycles. The van der Waals surface area contributed by atoms with Crippen LogP contribution in [0.25, 0.3) is 0 Å². The summed E-state index contributed by atoms with van der Waals surface area (Å²) in [5, 5.41) is 0. The first-order chi connectivity index (χ1) is 10.0. The van der Waals surface area contributed by atoms with Gasteiger partial charge in [0.15, 0.2) is 0 Å². The lowest BCUT2D eigenvalue weighted by Gasteiger charge is -2.18. The van der Waals surface area contributed by atoms with E-state index >= 15 is 0 Å². The van der Waals surface area contributed by atoms with Crippen LogP contribution in [0.4, 0.5) is 0 Å². The Morgan fingerprint density at radius 2 is 1.76 bits per heavy atom. The Morgan fingerprint density at radius 3 is 2.29 bits per heavy atom. The van der Waals surface area contributed by atoms with Crippen LogP contribution in [0.3, 0.4) is 0 Å². The van der Waals surface area contributed by atoms with Crippen molar-refractivity contribution >= 4 is 13.6 Å². The summed E-state index contributed by atoms with van der Waals surface area (Å²) < 4.78 is 28.2. The van der Waals surface area contributed by atoms with Gasteiger partial charge in [0.1, 0.15) is 5.75 Å². The molecule has 1 aromatic rings. The number of unbranched alkanes of at least 4 members (excludes halogenated alkanes) is 1. The zero-order chi connectivity index (χ0) is 15.7. The third kappa shape index (κ3) is 5.90. The average Bonchev–Trinajstić information content (AvgIpc) is 2.46. The lowest BCUT2D eigenvalue weighted by atomic mass is 10.2. The molecule has 0 bridgehead atoms. The standard InChI is InChI=1S/C15H23O5P/c1-4-7-12-21(17,19-6-3)20-14-10-8-13(9-11-14)15(16)18-5-2/h8-11H,4-7,12H2,1-3H3. The molecule has 0 amide bonds. The maximum absolute atomic E-state index is 12.5. The SMILES string of the molecule is CCCCP(=O)(OCC)Oc1ccc(C(=O)OCC)cc1. The second-order valence-corrected chi connectivity index (χ2v) is 6.55. The van der Waals surface area contributed by atoms with Crippen LogP contribution in [0.2, 0.25) is 0 Å². The molecule has 0 aliphatic rings. The van der Waals surface area contributed by atoms with Crippen LogP contribution in [0.15, 0.2) is 24.3 Å². The van der Waals surface area contributed by atoms with Crippen LogP contribution in [0.5, 0.6) is 5.75 Å². The van der Waals surface area contributed by atoms with Gasteiger partial charge in [0, 0.05) is 0 Å². The number of carbonyl (C=O) groups is 1. The fourth-order valence-electron chi connectivity index (χ4n) is 1.71. The second kappa shape index (κ2) is 8.85. The topological polar surface area (TPSA) is 61.8 Å². The van der Waals surface area contributed by atoms with Gasteiger partial charge in [-0.2, -0.15) is 0 Å². The Kier molecular flexibility index (Phi) is 7.48. The number of hydrogen-bond acceptors (Lipinski definition) is 5. The molecule has 5 nitrogen and oxygen atoms in total. The third-order valence-electron chi connectivity index (χ3n) is 2.72. The molecule has 1 atom stereocenters. The first-order valence-corrected chi connectivity index (χ1v) is 8.97. The first-order valence-electron chi connectivity index (χ1n) is 7.25. The molecule has 21 heavy (non-hydrogen) atoms. The predicted molar refractivity (Wildman–Crippen MR) is 82.0 cm³/mol. The molecule has 0 saturated carbocycles. The number of carbonyl (C=O) groups excluding carboxylic acids is 1. The number of esters is 1. The maximum atomic E-state index is 12.5. The smallest absolute Gasteiger partial charge is 0.379 e. The molecule has 6 heteroatoms. The summed E-state index contributed by atoms with van der Waals surface area (Å²) in [4.78, 5) is 11.5. The van der Waals surface area contributed by atoms with E-state index in [9.17, 15) is 9.36 Å². The van der Waals surface area contributed by atoms with E-state index in [0.29, 0.717) is 30.7 Å². The fourth-order valence-corrected chi connectivity index (χ4v) is 3.52. The van der Waals surface area contributed by atoms with Crippen LogP contribution in [0, 0.1) is 0 Å². The van der Waals surface area contributed by atoms with Crippen molar-refractivity contribution < 1.29 is 23.1 Å². The van der Waals surface area contributed by atoms with Gasteiger partial charge in [0.05, 0.1) is 24.9 Å². The summed E-state index contributed by atoms with van der Waals surface area (Å²) in [6.45, 7) is 6.22. The summed E-state index contributed by atoms with van der Waals surface area (Å²) in [6, 6.07) is 6.38. The maximum Gasteiger partial charge on any atom is 0.379 e. The molecule has 0 radical (unpaired) electrons. The van der Waals surface area contributed by atoms with Gasteiger partial charge in [-0.1, -0.05) is 13.3 Å². The fraction of sp³-hybridized carbons (Fsp3) is 0.533. The van der Waals surface area contributed by atoms with Gasteiger partial charge in [0.25, 0.3) is 0 Å². The molecule has 1 rings (SSSR count). The van der Waals surface area contributed by atoms with Crippen LogP contribution >= 0.6 is 7.60 Å². The van der Waals surface area contributed by atoms with E-state index in [4.69, 9.17) is 13.8 Å². The minimum Gasteiger partial charge on any atom is -0.462 e. The van der Waals surface area contributed by atoms with E-state index in [1.165, 1.54) is 0 Å². The summed E-state index contributed by atoms with van der Waals surface area (Å²) >= 11 is 0. The molecule has 1 unspecified atom stereocenters. The highest BCUT2D eigenvalue weighted by molar-refractivity contribution is 7.54. The zero-order valence-electron chi connectivity index (χ0n) is 12.8. The Labute approximate surface area is 126 Å². The zero-order valence-corrected chi connectivity index (χ0v) is 13.7. The number of hydrogen-bond donors (Lipinski definition) is 0. The molecule has 118 valence electrons. The number of rotatable bonds is 9. The van der Waals surface area contributed by atoms with Gasteiger partial charge >= 0.3 is 13.6 Å². The average molecular weight is 314 g/mol. The lowest BCUT2D eigenvalue weighted by Crippen LogP contribution is -2.05. The Bertz CT molecular complexity index is 483. The van der Waals surface area contributed by atoms with Gasteiger partial charge in [-0.05, 0) is 44.5 Å². The minimum atomic E-state index is -3.13. The van der Waals surface area contributed by atoms with Gasteiger partial charge < -0.3 is 13.8 Å². The van der Waals surface area contributed by atoms with E-state index in [2.05, 4.69) is 0 Å². The summed E-state index contributed by atoms with van der Waals surface area (Å²) in [7, 11) is -3.13. The normalized spacial score (nSPS) is 13.5. The van der Waals surface area contributed by atoms with Crippen molar-refractivity contribution in [1.82, 2.24) is 0 Å². The van der Waals surface area contributed by atoms with Crippen molar-refractivity contribution in [3.63, 3.8) is 0 Å². The van der Waals surface area contributed by atoms with Crippen LogP contribution in [-0.4, -0.2) is 25.3 Å². The summed E-state index contributed by atoms with van der Waals surface area (Å²) in [5.74, 6) is 0.0407. The van der Waals surface area contributed by atoms with Gasteiger partial charge in [0.2, 0.25) is 0 Å². The highest BCUT2D eigenvalue weighted by Gasteiger charge is 2.24. The molecule has 0 spiro atoms. The highest BCUT2D eigenvalue weighted by Crippen LogP contribution is 2.48. The first kappa shape index (κ1) is 17.7. The molecule has 0 aliphatic heterocycles. The van der Waals surface area contributed by atoms with Gasteiger partial charge in [-0.15, -0.1) is 0 Å². The van der Waals surface area contributed by atoms with Crippen molar-refractivity contribution in [1.29, 1.82) is 0 Å². The Morgan fingerprint density at radius 1 is 1.10 bits per heavy atom. The van der Waals surface area contributed by atoms with E-state index in [1.807, 2.05) is 6.92 Å². The highest BCUT2D eigenvalue weighted by atomic mass is 31.2. The van der Waals surface area contributed by atoms with Crippen LogP contribution < -0.4 is 4.52 Å². The molecule has 0 saturated heterocycles. The van der Waals surface area contributed by atoms with Gasteiger partial charge in [-0.3, -0.25) is 0 Å². The van der Waals surface area contributed by atoms with E-state index < -0.39 is 7.60 Å². The Balaban J connectivity index is 2.76. The summed E-state index contributed by atoms with van der Waals surface area (Å²) in [6.07, 6.45) is 2.08. The molecular weight excluding hydrogens is 291 g/mol. The minimum absolute atomic E-state index is 0.327. The van der Waals surface area contributed by atoms with Crippen LogP contribution in [-0.2, 0) is 13.8 Å². The van der Waals surface area contributed by atoms with Crippen molar-refractivity contribution in [2.75, 3.05) is 19.4 Å². The molecule has 0 heterocycles. The second-order valence-electron chi connectivity index (χ2n) is 4.44. The predicted octanol–water partition coefficient (Wildman–Crippen LogP) is 4.27. The lowest BCUT2D eigenvalue weighted by molar-refractivity contribution is 0.0526. The Hall–Kier alpha value is -1.32. The largest absolute Gasteiger partial charge is 0.462 e. The monoisotopic (exact) mass is 314 g/mol. The van der Waals surface area contributed by atoms with Crippen molar-refractivity contribution in [2.24, 2.45) is 0 Å². The molecule has 0 N–H and O–H groups in total. The van der Waals surface area contributed by atoms with Crippen molar-refractivity contribution in [3.8, 4) is 5.75 Å². The van der Waals surface area contributed by atoms with Gasteiger partial charge in [-0.25, -0.2) is 9.36 Å². The van der Waals surface area contributed by atoms with Crippen molar-refractivity contribution in [2.45, 2.75) is 33.6 Å². The van der Waals surface area contributed by atoms with E-state index in [0.717, 1.165) is 12.8 Å². The van der Waals surface area contributed by atoms with E-state index in [1.54, 1.807) is 38.1 Å².